The van der Waals surface area contributed by atoms with Gasteiger partial charge in [-0.25, -0.2) is 0 Å². The van der Waals surface area contributed by atoms with Crippen molar-refractivity contribution in [1.29, 1.82) is 0 Å². The van der Waals surface area contributed by atoms with Gasteiger partial charge in [0, 0.05) is 6.61 Å². The minimum absolute atomic E-state index is 0. The number of rotatable bonds is 4. The molecule has 0 aromatic carbocycles. The first-order valence-electron chi connectivity index (χ1n) is 3.99. The predicted octanol–water partition coefficient (Wildman–Crippen LogP) is -0.498. The fourth-order valence-corrected chi connectivity index (χ4v) is 0.857. The van der Waals surface area contributed by atoms with E-state index in [9.17, 15) is 12.9 Å². The van der Waals surface area contributed by atoms with Crippen molar-refractivity contribution < 1.29 is 69.1 Å². The minimum atomic E-state index is -4.90. The van der Waals surface area contributed by atoms with E-state index in [1.807, 2.05) is 0 Å². The molecule has 70 valence electrons. The van der Waals surface area contributed by atoms with Crippen LogP contribution < -0.4 is 51.4 Å². The van der Waals surface area contributed by atoms with E-state index in [-0.39, 0.29) is 64.1 Å². The third-order valence-corrected chi connectivity index (χ3v) is 2.02. The molecule has 1 aliphatic rings. The maximum atomic E-state index is 11.9. The van der Waals surface area contributed by atoms with Crippen LogP contribution in [0.2, 0.25) is 0 Å². The molecule has 13 heavy (non-hydrogen) atoms. The first-order chi connectivity index (χ1) is 5.50. The molecule has 1 aliphatic carbocycles. The van der Waals surface area contributed by atoms with Gasteiger partial charge in [-0.1, -0.05) is 0 Å². The smallest absolute Gasteiger partial charge is 0.445 e. The van der Waals surface area contributed by atoms with E-state index in [1.165, 1.54) is 0 Å². The van der Waals surface area contributed by atoms with Crippen molar-refractivity contribution in [3.05, 3.63) is 12.1 Å². The van der Waals surface area contributed by atoms with Gasteiger partial charge in [-0.3, -0.25) is 0 Å². The van der Waals surface area contributed by atoms with Crippen molar-refractivity contribution in [2.75, 3.05) is 6.61 Å². The summed E-state index contributed by atoms with van der Waals surface area (Å²) >= 11 is 0. The number of hydrogen-bond donors (Lipinski definition) is 0. The standard InChI is InChI=1S/C7H11BF3O.K/c1-6(8(9,10)11)5-12-7-3-2-4-7;/h7H,1-5H2;/q-1;+1. The van der Waals surface area contributed by atoms with Crippen molar-refractivity contribution in [2.45, 2.75) is 25.4 Å². The molecule has 0 saturated heterocycles. The summed E-state index contributed by atoms with van der Waals surface area (Å²) < 4.78 is 40.7. The van der Waals surface area contributed by atoms with Gasteiger partial charge in [0.2, 0.25) is 0 Å². The average molecular weight is 218 g/mol. The zero-order valence-electron chi connectivity index (χ0n) is 7.73. The molecule has 0 radical (unpaired) electrons. The van der Waals surface area contributed by atoms with Gasteiger partial charge in [0.25, 0.3) is 0 Å². The fraction of sp³-hybridized carbons (Fsp3) is 0.714. The van der Waals surface area contributed by atoms with E-state index in [0.29, 0.717) is 0 Å². The van der Waals surface area contributed by atoms with Crippen LogP contribution in [0.3, 0.4) is 0 Å². The topological polar surface area (TPSA) is 9.23 Å². The quantitative estimate of drug-likeness (QED) is 0.578. The van der Waals surface area contributed by atoms with E-state index < -0.39 is 12.4 Å². The molecule has 0 aromatic rings. The van der Waals surface area contributed by atoms with Crippen LogP contribution in [0, 0.1) is 0 Å². The Kier molecular flexibility index (Phi) is 6.47. The van der Waals surface area contributed by atoms with Crippen molar-refractivity contribution in [2.24, 2.45) is 0 Å². The van der Waals surface area contributed by atoms with Gasteiger partial charge in [0.05, 0.1) is 6.10 Å². The van der Waals surface area contributed by atoms with Crippen molar-refractivity contribution >= 4 is 6.98 Å². The van der Waals surface area contributed by atoms with E-state index in [2.05, 4.69) is 6.58 Å². The van der Waals surface area contributed by atoms with Crippen LogP contribution in [-0.4, -0.2) is 19.7 Å². The Morgan fingerprint density at radius 2 is 1.92 bits per heavy atom. The van der Waals surface area contributed by atoms with Crippen molar-refractivity contribution in [3.8, 4) is 0 Å². The summed E-state index contributed by atoms with van der Waals surface area (Å²) in [5.41, 5.74) is -0.734. The summed E-state index contributed by atoms with van der Waals surface area (Å²) in [6, 6.07) is 0. The Labute approximate surface area is 119 Å². The summed E-state index contributed by atoms with van der Waals surface area (Å²) in [5, 5.41) is 0. The van der Waals surface area contributed by atoms with Crippen molar-refractivity contribution in [1.82, 2.24) is 0 Å². The minimum Gasteiger partial charge on any atom is -0.445 e. The number of hydrogen-bond acceptors (Lipinski definition) is 1. The molecule has 0 N–H and O–H groups in total. The van der Waals surface area contributed by atoms with Crippen LogP contribution >= 0.6 is 0 Å². The van der Waals surface area contributed by atoms with Crippen LogP contribution in [0.25, 0.3) is 0 Å². The number of halogens is 3. The molecule has 1 nitrogen and oxygen atoms in total. The second-order valence-corrected chi connectivity index (χ2v) is 3.10. The molecule has 0 spiro atoms. The van der Waals surface area contributed by atoms with Crippen LogP contribution in [0.5, 0.6) is 0 Å². The molecular formula is C7H11BF3KO. The predicted molar refractivity (Wildman–Crippen MR) is 41.8 cm³/mol. The molecule has 6 heteroatoms. The molecule has 0 bridgehead atoms. The normalized spacial score (nSPS) is 17.5. The van der Waals surface area contributed by atoms with Gasteiger partial charge in [0.1, 0.15) is 0 Å². The van der Waals surface area contributed by atoms with Gasteiger partial charge in [-0.05, 0) is 19.3 Å². The molecular weight excluding hydrogens is 207 g/mol. The molecule has 0 heterocycles. The Morgan fingerprint density at radius 1 is 1.38 bits per heavy atom. The monoisotopic (exact) mass is 218 g/mol. The third kappa shape index (κ3) is 4.99. The number of ether oxygens (including phenoxy) is 1. The molecule has 1 saturated carbocycles. The average Bonchev–Trinajstić information content (AvgIpc) is 1.81. The Bertz CT molecular complexity index is 179. The summed E-state index contributed by atoms with van der Waals surface area (Å²) in [6.45, 7) is -2.32. The SMILES string of the molecule is C=C(COC1CCC1)[B-](F)(F)F.[K+]. The fourth-order valence-electron chi connectivity index (χ4n) is 0.857. The molecule has 0 atom stereocenters. The zero-order chi connectivity index (χ0) is 9.19. The van der Waals surface area contributed by atoms with Gasteiger partial charge in [0.15, 0.2) is 0 Å². The first-order valence-corrected chi connectivity index (χ1v) is 3.99. The van der Waals surface area contributed by atoms with E-state index in [4.69, 9.17) is 4.74 Å². The van der Waals surface area contributed by atoms with Crippen LogP contribution in [0.15, 0.2) is 12.1 Å². The van der Waals surface area contributed by atoms with Crippen molar-refractivity contribution in [3.63, 3.8) is 0 Å². The van der Waals surface area contributed by atoms with E-state index in [0.717, 1.165) is 19.3 Å². The summed E-state index contributed by atoms with van der Waals surface area (Å²) in [7, 11) is 0. The molecule has 1 rings (SSSR count). The van der Waals surface area contributed by atoms with Crippen LogP contribution in [-0.2, 0) is 4.74 Å². The summed E-state index contributed by atoms with van der Waals surface area (Å²) in [6.07, 6.45) is 2.88. The van der Waals surface area contributed by atoms with Gasteiger partial charge in [-0.15, -0.1) is 12.1 Å². The maximum Gasteiger partial charge on any atom is 1.00 e. The Morgan fingerprint density at radius 3 is 2.23 bits per heavy atom. The Balaban J connectivity index is 0.00000144. The van der Waals surface area contributed by atoms with Gasteiger partial charge in [-0.2, -0.15) is 0 Å². The van der Waals surface area contributed by atoms with E-state index in [1.54, 1.807) is 0 Å². The summed E-state index contributed by atoms with van der Waals surface area (Å²) in [5.74, 6) is 0. The second kappa shape index (κ2) is 5.92. The molecule has 0 aromatic heterocycles. The van der Waals surface area contributed by atoms with Crippen LogP contribution in [0.1, 0.15) is 19.3 Å². The zero-order valence-corrected chi connectivity index (χ0v) is 10.9. The second-order valence-electron chi connectivity index (χ2n) is 3.10. The van der Waals surface area contributed by atoms with Gasteiger partial charge < -0.3 is 17.7 Å². The maximum absolute atomic E-state index is 11.9. The molecule has 0 unspecified atom stereocenters. The van der Waals surface area contributed by atoms with Crippen LogP contribution in [0.4, 0.5) is 12.9 Å². The summed E-state index contributed by atoms with van der Waals surface area (Å²) in [4.78, 5) is 0. The van der Waals surface area contributed by atoms with Gasteiger partial charge >= 0.3 is 58.4 Å². The molecule has 0 aliphatic heterocycles. The largest absolute Gasteiger partial charge is 1.00 e. The van der Waals surface area contributed by atoms with E-state index >= 15 is 0 Å². The first kappa shape index (κ1) is 14.2. The molecule has 1 fully saturated rings. The molecule has 0 amide bonds. The Hall–Kier alpha value is 1.19. The third-order valence-electron chi connectivity index (χ3n) is 2.02.